The molecule has 0 aliphatic rings. The van der Waals surface area contributed by atoms with Crippen LogP contribution in [0, 0.1) is 19.3 Å². The molecule has 1 aromatic rings. The lowest BCUT2D eigenvalue weighted by Crippen LogP contribution is -2.34. The van der Waals surface area contributed by atoms with Gasteiger partial charge >= 0.3 is 0 Å². The minimum Gasteiger partial charge on any atom is -0.396 e. The van der Waals surface area contributed by atoms with E-state index in [2.05, 4.69) is 38.0 Å². The van der Waals surface area contributed by atoms with Crippen LogP contribution in [-0.4, -0.2) is 22.7 Å². The second kappa shape index (κ2) is 5.15. The summed E-state index contributed by atoms with van der Waals surface area (Å²) in [5, 5.41) is 13.5. The third kappa shape index (κ3) is 3.46. The van der Waals surface area contributed by atoms with Gasteiger partial charge in [-0.2, -0.15) is 0 Å². The average molecular weight is 242 g/mol. The topological polar surface area (TPSA) is 45.2 Å². The molecule has 0 aromatic carbocycles. The smallest absolute Gasteiger partial charge is 0.183 e. The van der Waals surface area contributed by atoms with E-state index in [1.165, 1.54) is 4.88 Å². The molecular formula is C12H22N2OS. The Labute approximate surface area is 102 Å². The van der Waals surface area contributed by atoms with Crippen LogP contribution in [0.5, 0.6) is 0 Å². The second-order valence-corrected chi connectivity index (χ2v) is 6.44. The zero-order valence-electron chi connectivity index (χ0n) is 10.8. The summed E-state index contributed by atoms with van der Waals surface area (Å²) in [6.07, 6.45) is 0.751. The fourth-order valence-corrected chi connectivity index (χ4v) is 2.40. The minimum absolute atomic E-state index is 0.121. The van der Waals surface area contributed by atoms with Crippen molar-refractivity contribution in [3.63, 3.8) is 0 Å². The number of nitrogens with zero attached hydrogens (tertiary/aromatic N) is 1. The van der Waals surface area contributed by atoms with Gasteiger partial charge in [0, 0.05) is 17.5 Å². The second-order valence-electron chi connectivity index (χ2n) is 5.24. The Balaban J connectivity index is 2.75. The van der Waals surface area contributed by atoms with Gasteiger partial charge in [0.15, 0.2) is 5.13 Å². The number of hydrogen-bond acceptors (Lipinski definition) is 4. The molecule has 1 atom stereocenters. The van der Waals surface area contributed by atoms with Gasteiger partial charge in [-0.25, -0.2) is 4.98 Å². The van der Waals surface area contributed by atoms with Gasteiger partial charge in [-0.15, -0.1) is 11.3 Å². The van der Waals surface area contributed by atoms with E-state index in [1.54, 1.807) is 11.3 Å². The Morgan fingerprint density at radius 1 is 1.38 bits per heavy atom. The summed E-state index contributed by atoms with van der Waals surface area (Å²) in [5.74, 6) is 0. The maximum absolute atomic E-state index is 9.08. The van der Waals surface area contributed by atoms with Gasteiger partial charge in [0.25, 0.3) is 0 Å². The van der Waals surface area contributed by atoms with Crippen LogP contribution in [-0.2, 0) is 0 Å². The van der Waals surface area contributed by atoms with Crippen LogP contribution in [0.25, 0.3) is 0 Å². The number of thiazole rings is 1. The maximum atomic E-state index is 9.08. The average Bonchev–Trinajstić information content (AvgIpc) is 2.44. The Bertz CT molecular complexity index is 322. The van der Waals surface area contributed by atoms with Crippen molar-refractivity contribution in [3.8, 4) is 0 Å². The number of aliphatic hydroxyl groups excluding tert-OH is 1. The van der Waals surface area contributed by atoms with Gasteiger partial charge in [0.05, 0.1) is 5.69 Å². The quantitative estimate of drug-likeness (QED) is 0.853. The van der Waals surface area contributed by atoms with E-state index in [0.717, 1.165) is 17.2 Å². The Kier molecular flexibility index (Phi) is 4.33. The van der Waals surface area contributed by atoms with Crippen LogP contribution in [0.15, 0.2) is 0 Å². The predicted molar refractivity (Wildman–Crippen MR) is 70.2 cm³/mol. The molecule has 0 saturated heterocycles. The van der Waals surface area contributed by atoms with E-state index in [9.17, 15) is 0 Å². The highest BCUT2D eigenvalue weighted by Crippen LogP contribution is 2.28. The SMILES string of the molecule is Cc1nc(NC(CCO)C(C)(C)C)sc1C. The number of anilines is 1. The molecule has 1 unspecified atom stereocenters. The van der Waals surface area contributed by atoms with Crippen LogP contribution in [0.4, 0.5) is 5.13 Å². The largest absolute Gasteiger partial charge is 0.396 e. The summed E-state index contributed by atoms with van der Waals surface area (Å²) in [5.41, 5.74) is 1.21. The van der Waals surface area contributed by atoms with Gasteiger partial charge in [0.2, 0.25) is 0 Å². The van der Waals surface area contributed by atoms with Crippen LogP contribution >= 0.6 is 11.3 Å². The monoisotopic (exact) mass is 242 g/mol. The normalized spacial score (nSPS) is 13.9. The van der Waals surface area contributed by atoms with Crippen molar-refractivity contribution >= 4 is 16.5 Å². The number of nitrogens with one attached hydrogen (secondary N) is 1. The van der Waals surface area contributed by atoms with E-state index < -0.39 is 0 Å². The molecule has 16 heavy (non-hydrogen) atoms. The first-order valence-corrected chi connectivity index (χ1v) is 6.47. The molecule has 0 bridgehead atoms. The number of rotatable bonds is 4. The zero-order valence-corrected chi connectivity index (χ0v) is 11.6. The first kappa shape index (κ1) is 13.5. The summed E-state index contributed by atoms with van der Waals surface area (Å²) in [4.78, 5) is 5.72. The van der Waals surface area contributed by atoms with Crippen molar-refractivity contribution in [2.45, 2.75) is 47.1 Å². The summed E-state index contributed by atoms with van der Waals surface area (Å²) in [6.45, 7) is 10.8. The van der Waals surface area contributed by atoms with Crippen LogP contribution in [0.3, 0.4) is 0 Å². The lowest BCUT2D eigenvalue weighted by molar-refractivity contribution is 0.235. The molecule has 0 amide bonds. The number of aliphatic hydroxyl groups is 1. The van der Waals surface area contributed by atoms with E-state index in [-0.39, 0.29) is 18.1 Å². The molecule has 1 rings (SSSR count). The third-order valence-corrected chi connectivity index (χ3v) is 3.79. The van der Waals surface area contributed by atoms with E-state index >= 15 is 0 Å². The van der Waals surface area contributed by atoms with E-state index in [4.69, 9.17) is 5.11 Å². The lowest BCUT2D eigenvalue weighted by atomic mass is 9.85. The molecule has 0 aliphatic heterocycles. The molecule has 92 valence electrons. The molecule has 1 aromatic heterocycles. The molecule has 0 radical (unpaired) electrons. The summed E-state index contributed by atoms with van der Waals surface area (Å²) in [6, 6.07) is 0.252. The van der Waals surface area contributed by atoms with Gasteiger partial charge in [-0.1, -0.05) is 20.8 Å². The first-order valence-electron chi connectivity index (χ1n) is 5.66. The van der Waals surface area contributed by atoms with Gasteiger partial charge in [-0.3, -0.25) is 0 Å². The molecule has 2 N–H and O–H groups in total. The molecular weight excluding hydrogens is 220 g/mol. The minimum atomic E-state index is 0.121. The van der Waals surface area contributed by atoms with Crippen molar-refractivity contribution in [1.29, 1.82) is 0 Å². The van der Waals surface area contributed by atoms with Gasteiger partial charge < -0.3 is 10.4 Å². The Morgan fingerprint density at radius 3 is 2.38 bits per heavy atom. The first-order chi connectivity index (χ1) is 7.34. The molecule has 0 aliphatic carbocycles. The molecule has 0 spiro atoms. The van der Waals surface area contributed by atoms with Crippen molar-refractivity contribution in [2.24, 2.45) is 5.41 Å². The fraction of sp³-hybridized carbons (Fsp3) is 0.750. The van der Waals surface area contributed by atoms with Crippen LogP contribution in [0.1, 0.15) is 37.8 Å². The van der Waals surface area contributed by atoms with Crippen molar-refractivity contribution in [3.05, 3.63) is 10.6 Å². The van der Waals surface area contributed by atoms with Crippen LogP contribution in [0.2, 0.25) is 0 Å². The molecule has 0 fully saturated rings. The summed E-state index contributed by atoms with van der Waals surface area (Å²) in [7, 11) is 0. The van der Waals surface area contributed by atoms with Gasteiger partial charge in [-0.05, 0) is 25.7 Å². The Hall–Kier alpha value is -0.610. The Morgan fingerprint density at radius 2 is 2.00 bits per heavy atom. The third-order valence-electron chi connectivity index (χ3n) is 2.79. The molecule has 1 heterocycles. The van der Waals surface area contributed by atoms with E-state index in [1.807, 2.05) is 6.92 Å². The van der Waals surface area contributed by atoms with Gasteiger partial charge in [0.1, 0.15) is 0 Å². The highest BCUT2D eigenvalue weighted by Gasteiger charge is 2.24. The molecule has 0 saturated carbocycles. The number of aromatic nitrogens is 1. The predicted octanol–water partition coefficient (Wildman–Crippen LogP) is 2.97. The van der Waals surface area contributed by atoms with E-state index in [0.29, 0.717) is 0 Å². The summed E-state index contributed by atoms with van der Waals surface area (Å²) < 4.78 is 0. The highest BCUT2D eigenvalue weighted by atomic mass is 32.1. The lowest BCUT2D eigenvalue weighted by Gasteiger charge is -2.30. The van der Waals surface area contributed by atoms with Crippen LogP contribution < -0.4 is 5.32 Å². The zero-order chi connectivity index (χ0) is 12.3. The standard InChI is InChI=1S/C12H22N2OS/c1-8-9(2)16-11(13-8)14-10(6-7-15)12(3,4)5/h10,15H,6-7H2,1-5H3,(H,13,14). The molecule has 4 heteroatoms. The highest BCUT2D eigenvalue weighted by molar-refractivity contribution is 7.15. The van der Waals surface area contributed by atoms with Crippen molar-refractivity contribution in [1.82, 2.24) is 4.98 Å². The maximum Gasteiger partial charge on any atom is 0.183 e. The van der Waals surface area contributed by atoms with Crippen molar-refractivity contribution in [2.75, 3.05) is 11.9 Å². The number of hydrogen-bond donors (Lipinski definition) is 2. The summed E-state index contributed by atoms with van der Waals surface area (Å²) >= 11 is 1.68. The fourth-order valence-electron chi connectivity index (χ4n) is 1.53. The molecule has 3 nitrogen and oxygen atoms in total. The van der Waals surface area contributed by atoms with Crippen molar-refractivity contribution < 1.29 is 5.11 Å². The number of aryl methyl sites for hydroxylation is 2.